The third-order valence-electron chi connectivity index (χ3n) is 4.42. The summed E-state index contributed by atoms with van der Waals surface area (Å²) in [7, 11) is 1.61. The molecule has 130 valence electrons. The standard InChI is InChI=1S/C19H24O5/c1-5-13-11-19(17(20)23-6-2,18(21)24-7-3)12-14-9-8-10-15(22-4)16(13)14/h5,8-10,13H,1,6-7,11-12H2,2-4H3. The fourth-order valence-electron chi connectivity index (χ4n) is 3.35. The van der Waals surface area contributed by atoms with Crippen LogP contribution in [0.15, 0.2) is 30.9 Å². The van der Waals surface area contributed by atoms with E-state index in [4.69, 9.17) is 14.2 Å². The van der Waals surface area contributed by atoms with Gasteiger partial charge in [0.1, 0.15) is 5.75 Å². The molecule has 0 aliphatic heterocycles. The molecule has 5 heteroatoms. The van der Waals surface area contributed by atoms with E-state index in [-0.39, 0.29) is 32.0 Å². The lowest BCUT2D eigenvalue weighted by atomic mass is 9.66. The van der Waals surface area contributed by atoms with Crippen LogP contribution >= 0.6 is 0 Å². The summed E-state index contributed by atoms with van der Waals surface area (Å²) in [5.74, 6) is -0.537. The maximum atomic E-state index is 12.7. The van der Waals surface area contributed by atoms with Gasteiger partial charge in [0.05, 0.1) is 20.3 Å². The summed E-state index contributed by atoms with van der Waals surface area (Å²) < 4.78 is 15.9. The molecule has 2 rings (SSSR count). The lowest BCUT2D eigenvalue weighted by Crippen LogP contribution is -2.47. The molecule has 1 aliphatic carbocycles. The number of rotatable bonds is 6. The van der Waals surface area contributed by atoms with Crippen molar-refractivity contribution in [3.05, 3.63) is 42.0 Å². The Morgan fingerprint density at radius 3 is 2.38 bits per heavy atom. The minimum absolute atomic E-state index is 0.196. The third kappa shape index (κ3) is 3.03. The second kappa shape index (κ2) is 7.51. The fraction of sp³-hybridized carbons (Fsp3) is 0.474. The SMILES string of the molecule is C=CC1CC(C(=O)OCC)(C(=O)OCC)Cc2cccc(OC)c21. The highest BCUT2D eigenvalue weighted by molar-refractivity contribution is 6.01. The predicted molar refractivity (Wildman–Crippen MR) is 90.0 cm³/mol. The summed E-state index contributed by atoms with van der Waals surface area (Å²) in [5.41, 5.74) is 0.510. The van der Waals surface area contributed by atoms with Gasteiger partial charge in [0.2, 0.25) is 0 Å². The van der Waals surface area contributed by atoms with Crippen molar-refractivity contribution >= 4 is 11.9 Å². The molecule has 0 saturated heterocycles. The molecule has 24 heavy (non-hydrogen) atoms. The Morgan fingerprint density at radius 2 is 1.88 bits per heavy atom. The van der Waals surface area contributed by atoms with Crippen LogP contribution in [0.4, 0.5) is 0 Å². The Hall–Kier alpha value is -2.30. The highest BCUT2D eigenvalue weighted by Crippen LogP contribution is 2.47. The van der Waals surface area contributed by atoms with E-state index < -0.39 is 17.4 Å². The van der Waals surface area contributed by atoms with Crippen LogP contribution in [0, 0.1) is 5.41 Å². The van der Waals surface area contributed by atoms with Gasteiger partial charge in [-0.25, -0.2) is 0 Å². The number of ether oxygens (including phenoxy) is 3. The van der Waals surface area contributed by atoms with Gasteiger partial charge in [0.15, 0.2) is 5.41 Å². The average Bonchev–Trinajstić information content (AvgIpc) is 2.60. The number of hydrogen-bond acceptors (Lipinski definition) is 5. The first-order valence-electron chi connectivity index (χ1n) is 8.16. The second-order valence-electron chi connectivity index (χ2n) is 5.78. The number of carbonyl (C=O) groups excluding carboxylic acids is 2. The molecule has 1 aromatic rings. The van der Waals surface area contributed by atoms with Crippen LogP contribution in [0.25, 0.3) is 0 Å². The van der Waals surface area contributed by atoms with Crippen molar-refractivity contribution in [2.24, 2.45) is 5.41 Å². The fourth-order valence-corrected chi connectivity index (χ4v) is 3.35. The van der Waals surface area contributed by atoms with Crippen molar-refractivity contribution in [1.29, 1.82) is 0 Å². The molecule has 1 unspecified atom stereocenters. The molecule has 0 amide bonds. The molecule has 0 aromatic heterocycles. The number of esters is 2. The smallest absolute Gasteiger partial charge is 0.323 e. The van der Waals surface area contributed by atoms with Crippen molar-refractivity contribution in [2.45, 2.75) is 32.6 Å². The van der Waals surface area contributed by atoms with Crippen molar-refractivity contribution < 1.29 is 23.8 Å². The van der Waals surface area contributed by atoms with Gasteiger partial charge >= 0.3 is 11.9 Å². The number of benzene rings is 1. The van der Waals surface area contributed by atoms with Crippen LogP contribution in [-0.4, -0.2) is 32.3 Å². The summed E-state index contributed by atoms with van der Waals surface area (Å²) in [6.45, 7) is 7.75. The van der Waals surface area contributed by atoms with Gasteiger partial charge in [-0.3, -0.25) is 9.59 Å². The van der Waals surface area contributed by atoms with E-state index >= 15 is 0 Å². The molecule has 0 saturated carbocycles. The second-order valence-corrected chi connectivity index (χ2v) is 5.78. The Balaban J connectivity index is 2.56. The monoisotopic (exact) mass is 332 g/mol. The topological polar surface area (TPSA) is 61.8 Å². The number of methoxy groups -OCH3 is 1. The van der Waals surface area contributed by atoms with Crippen molar-refractivity contribution in [2.75, 3.05) is 20.3 Å². The zero-order valence-electron chi connectivity index (χ0n) is 14.5. The Kier molecular flexibility index (Phi) is 5.65. The lowest BCUT2D eigenvalue weighted by Gasteiger charge is -2.37. The Morgan fingerprint density at radius 1 is 1.25 bits per heavy atom. The van der Waals surface area contributed by atoms with Crippen molar-refractivity contribution in [1.82, 2.24) is 0 Å². The number of hydrogen-bond donors (Lipinski definition) is 0. The van der Waals surface area contributed by atoms with E-state index in [9.17, 15) is 9.59 Å². The van der Waals surface area contributed by atoms with E-state index in [2.05, 4.69) is 6.58 Å². The zero-order valence-corrected chi connectivity index (χ0v) is 14.5. The minimum Gasteiger partial charge on any atom is -0.496 e. The summed E-state index contributed by atoms with van der Waals surface area (Å²) in [6.07, 6.45) is 2.25. The first kappa shape index (κ1) is 18.0. The molecule has 1 aromatic carbocycles. The van der Waals surface area contributed by atoms with Crippen molar-refractivity contribution in [3.8, 4) is 5.75 Å². The molecule has 1 aliphatic rings. The van der Waals surface area contributed by atoms with E-state index in [1.807, 2.05) is 18.2 Å². The normalized spacial score (nSPS) is 18.2. The van der Waals surface area contributed by atoms with Gasteiger partial charge in [0.25, 0.3) is 0 Å². The molecular weight excluding hydrogens is 308 g/mol. The quantitative estimate of drug-likeness (QED) is 0.455. The highest BCUT2D eigenvalue weighted by atomic mass is 16.6. The molecule has 0 fully saturated rings. The minimum atomic E-state index is -1.34. The number of allylic oxidation sites excluding steroid dienone is 1. The van der Waals surface area contributed by atoms with E-state index in [0.717, 1.165) is 16.9 Å². The molecule has 0 heterocycles. The van der Waals surface area contributed by atoms with Crippen LogP contribution in [0.1, 0.15) is 37.3 Å². The largest absolute Gasteiger partial charge is 0.496 e. The van der Waals surface area contributed by atoms with Gasteiger partial charge in [-0.05, 0) is 38.3 Å². The summed E-state index contributed by atoms with van der Waals surface area (Å²) >= 11 is 0. The van der Waals surface area contributed by atoms with Crippen molar-refractivity contribution in [3.63, 3.8) is 0 Å². The van der Waals surface area contributed by atoms with Gasteiger partial charge in [-0.1, -0.05) is 18.2 Å². The molecule has 0 spiro atoms. The highest BCUT2D eigenvalue weighted by Gasteiger charge is 2.53. The molecular formula is C19H24O5. The third-order valence-corrected chi connectivity index (χ3v) is 4.42. The van der Waals surface area contributed by atoms with Gasteiger partial charge in [-0.2, -0.15) is 0 Å². The van der Waals surface area contributed by atoms with Crippen LogP contribution < -0.4 is 4.74 Å². The summed E-state index contributed by atoms with van der Waals surface area (Å²) in [6, 6.07) is 5.63. The van der Waals surface area contributed by atoms with Gasteiger partial charge in [0, 0.05) is 11.5 Å². The zero-order chi connectivity index (χ0) is 17.7. The summed E-state index contributed by atoms with van der Waals surface area (Å²) in [5, 5.41) is 0. The molecule has 1 atom stereocenters. The molecule has 5 nitrogen and oxygen atoms in total. The van der Waals surface area contributed by atoms with E-state index in [0.29, 0.717) is 0 Å². The van der Waals surface area contributed by atoms with E-state index in [1.54, 1.807) is 27.0 Å². The lowest BCUT2D eigenvalue weighted by molar-refractivity contribution is -0.173. The Labute approximate surface area is 142 Å². The van der Waals surface area contributed by atoms with Gasteiger partial charge < -0.3 is 14.2 Å². The van der Waals surface area contributed by atoms with Crippen LogP contribution in [-0.2, 0) is 25.5 Å². The maximum absolute atomic E-state index is 12.7. The summed E-state index contributed by atoms with van der Waals surface area (Å²) in [4.78, 5) is 25.3. The Bertz CT molecular complexity index is 617. The maximum Gasteiger partial charge on any atom is 0.323 e. The first-order chi connectivity index (χ1) is 11.5. The average molecular weight is 332 g/mol. The predicted octanol–water partition coefficient (Wildman–Crippen LogP) is 3.02. The van der Waals surface area contributed by atoms with Crippen LogP contribution in [0.3, 0.4) is 0 Å². The van der Waals surface area contributed by atoms with Gasteiger partial charge in [-0.15, -0.1) is 6.58 Å². The van der Waals surface area contributed by atoms with Crippen LogP contribution in [0.2, 0.25) is 0 Å². The van der Waals surface area contributed by atoms with Crippen LogP contribution in [0.5, 0.6) is 5.75 Å². The molecule has 0 N–H and O–H groups in total. The number of fused-ring (bicyclic) bond motifs is 1. The number of carbonyl (C=O) groups is 2. The molecule has 0 radical (unpaired) electrons. The molecule has 0 bridgehead atoms. The first-order valence-corrected chi connectivity index (χ1v) is 8.16. The van der Waals surface area contributed by atoms with E-state index in [1.165, 1.54) is 0 Å².